The number of hydrogen-bond donors (Lipinski definition) is 2. The zero-order chi connectivity index (χ0) is 16.2. The maximum Gasteiger partial charge on any atom is 0.259 e. The van der Waals surface area contributed by atoms with E-state index in [-0.39, 0.29) is 17.2 Å². The number of phenols is 1. The quantitative estimate of drug-likeness (QED) is 0.776. The Morgan fingerprint density at radius 2 is 2.00 bits per heavy atom. The minimum absolute atomic E-state index is 0.0323. The van der Waals surface area contributed by atoms with Gasteiger partial charge in [0.2, 0.25) is 0 Å². The third-order valence-electron chi connectivity index (χ3n) is 3.58. The highest BCUT2D eigenvalue weighted by atomic mass is 16.3. The number of nitrogens with zero attached hydrogens (tertiary/aromatic N) is 2. The first-order chi connectivity index (χ1) is 11.2. The number of carbonyl (C=O) groups excluding carboxylic acids is 1. The van der Waals surface area contributed by atoms with Crippen molar-refractivity contribution in [3.8, 4) is 11.4 Å². The van der Waals surface area contributed by atoms with Gasteiger partial charge < -0.3 is 10.4 Å². The summed E-state index contributed by atoms with van der Waals surface area (Å²) in [5.74, 6) is -0.388. The lowest BCUT2D eigenvalue weighted by Gasteiger charge is -2.07. The van der Waals surface area contributed by atoms with Crippen LogP contribution in [0.4, 0.5) is 5.69 Å². The molecule has 0 aliphatic heterocycles. The number of aromatic hydroxyl groups is 1. The van der Waals surface area contributed by atoms with Gasteiger partial charge in [-0.05, 0) is 36.2 Å². The van der Waals surface area contributed by atoms with Crippen molar-refractivity contribution >= 4 is 11.6 Å². The lowest BCUT2D eigenvalue weighted by atomic mass is 10.1. The summed E-state index contributed by atoms with van der Waals surface area (Å²) in [6.45, 7) is 2.00. The molecule has 0 saturated carbocycles. The van der Waals surface area contributed by atoms with Gasteiger partial charge in [-0.15, -0.1) is 0 Å². The second-order valence-corrected chi connectivity index (χ2v) is 5.17. The van der Waals surface area contributed by atoms with E-state index >= 15 is 0 Å². The van der Waals surface area contributed by atoms with Crippen molar-refractivity contribution in [3.05, 3.63) is 72.1 Å². The van der Waals surface area contributed by atoms with Gasteiger partial charge in [-0.25, -0.2) is 4.68 Å². The molecule has 116 valence electrons. The van der Waals surface area contributed by atoms with E-state index in [0.717, 1.165) is 17.7 Å². The van der Waals surface area contributed by atoms with Gasteiger partial charge in [0, 0.05) is 0 Å². The molecule has 5 nitrogen and oxygen atoms in total. The highest BCUT2D eigenvalue weighted by Gasteiger charge is 2.13. The predicted molar refractivity (Wildman–Crippen MR) is 89.0 cm³/mol. The summed E-state index contributed by atoms with van der Waals surface area (Å²) in [6.07, 6.45) is 4.10. The van der Waals surface area contributed by atoms with Crippen LogP contribution in [0.1, 0.15) is 22.8 Å². The van der Waals surface area contributed by atoms with Crippen LogP contribution in [0.15, 0.2) is 60.9 Å². The molecule has 3 aromatic rings. The number of para-hydroxylation sites is 1. The minimum atomic E-state index is -0.356. The molecule has 0 atom stereocenters. The van der Waals surface area contributed by atoms with Gasteiger partial charge in [-0.2, -0.15) is 5.10 Å². The normalized spacial score (nSPS) is 10.5. The van der Waals surface area contributed by atoms with Gasteiger partial charge >= 0.3 is 0 Å². The molecule has 23 heavy (non-hydrogen) atoms. The van der Waals surface area contributed by atoms with Crippen molar-refractivity contribution in [2.75, 3.05) is 5.32 Å². The molecule has 5 heteroatoms. The molecule has 0 aliphatic rings. The van der Waals surface area contributed by atoms with E-state index in [1.165, 1.54) is 0 Å². The van der Waals surface area contributed by atoms with Crippen molar-refractivity contribution in [2.45, 2.75) is 13.3 Å². The van der Waals surface area contributed by atoms with E-state index in [1.54, 1.807) is 35.3 Å². The van der Waals surface area contributed by atoms with Crippen LogP contribution in [-0.2, 0) is 6.42 Å². The number of aromatic nitrogens is 2. The van der Waals surface area contributed by atoms with Crippen LogP contribution < -0.4 is 5.32 Å². The second-order valence-electron chi connectivity index (χ2n) is 5.17. The van der Waals surface area contributed by atoms with Crippen molar-refractivity contribution in [3.63, 3.8) is 0 Å². The first kappa shape index (κ1) is 14.8. The van der Waals surface area contributed by atoms with Crippen LogP contribution in [0, 0.1) is 0 Å². The van der Waals surface area contributed by atoms with E-state index < -0.39 is 0 Å². The van der Waals surface area contributed by atoms with E-state index in [0.29, 0.717) is 5.69 Å². The molecule has 0 fully saturated rings. The summed E-state index contributed by atoms with van der Waals surface area (Å²) in [5, 5.41) is 16.9. The standard InChI is InChI=1S/C18H17N3O2/c1-2-13-8-9-17(22)16(10-13)18(23)20-14-11-19-21(12-14)15-6-4-3-5-7-15/h3-12,22H,2H2,1H3,(H,20,23). The number of carbonyl (C=O) groups is 1. The Bertz CT molecular complexity index is 825. The van der Waals surface area contributed by atoms with E-state index in [1.807, 2.05) is 37.3 Å². The predicted octanol–water partition coefficient (Wildman–Crippen LogP) is 3.39. The van der Waals surface area contributed by atoms with Crippen LogP contribution in [0.3, 0.4) is 0 Å². The minimum Gasteiger partial charge on any atom is -0.507 e. The van der Waals surface area contributed by atoms with Gasteiger partial charge in [-0.1, -0.05) is 31.2 Å². The molecule has 1 amide bonds. The van der Waals surface area contributed by atoms with Crippen molar-refractivity contribution in [1.82, 2.24) is 9.78 Å². The summed E-state index contributed by atoms with van der Waals surface area (Å²) < 4.78 is 1.68. The molecule has 0 unspecified atom stereocenters. The molecule has 1 aromatic heterocycles. The Hall–Kier alpha value is -3.08. The first-order valence-electron chi connectivity index (χ1n) is 7.40. The van der Waals surface area contributed by atoms with E-state index in [4.69, 9.17) is 0 Å². The van der Waals surface area contributed by atoms with Gasteiger partial charge in [0.05, 0.1) is 29.3 Å². The lowest BCUT2D eigenvalue weighted by Crippen LogP contribution is -2.12. The van der Waals surface area contributed by atoms with Gasteiger partial charge in [0.25, 0.3) is 5.91 Å². The third-order valence-corrected chi connectivity index (χ3v) is 3.58. The number of hydrogen-bond acceptors (Lipinski definition) is 3. The Morgan fingerprint density at radius 1 is 1.22 bits per heavy atom. The summed E-state index contributed by atoms with van der Waals surface area (Å²) in [5.41, 5.74) is 2.73. The summed E-state index contributed by atoms with van der Waals surface area (Å²) >= 11 is 0. The molecule has 1 heterocycles. The van der Waals surface area contributed by atoms with Crippen LogP contribution in [0.2, 0.25) is 0 Å². The zero-order valence-electron chi connectivity index (χ0n) is 12.7. The Balaban J connectivity index is 1.80. The van der Waals surface area contributed by atoms with E-state index in [9.17, 15) is 9.90 Å². The maximum atomic E-state index is 12.3. The highest BCUT2D eigenvalue weighted by molar-refractivity contribution is 6.06. The fourth-order valence-corrected chi connectivity index (χ4v) is 2.29. The Morgan fingerprint density at radius 3 is 2.74 bits per heavy atom. The van der Waals surface area contributed by atoms with Gasteiger partial charge in [0.15, 0.2) is 0 Å². The monoisotopic (exact) mass is 307 g/mol. The molecule has 0 spiro atoms. The van der Waals surface area contributed by atoms with Crippen LogP contribution in [0.5, 0.6) is 5.75 Å². The summed E-state index contributed by atoms with van der Waals surface area (Å²) in [6, 6.07) is 14.7. The number of anilines is 1. The summed E-state index contributed by atoms with van der Waals surface area (Å²) in [4.78, 5) is 12.3. The van der Waals surface area contributed by atoms with Crippen molar-refractivity contribution < 1.29 is 9.90 Å². The van der Waals surface area contributed by atoms with Crippen LogP contribution in [-0.4, -0.2) is 20.8 Å². The van der Waals surface area contributed by atoms with Gasteiger partial charge in [0.1, 0.15) is 5.75 Å². The molecular formula is C18H17N3O2. The number of phenolic OH excluding ortho intramolecular Hbond substituents is 1. The molecule has 0 radical (unpaired) electrons. The molecule has 0 saturated heterocycles. The second kappa shape index (κ2) is 6.36. The smallest absolute Gasteiger partial charge is 0.259 e. The largest absolute Gasteiger partial charge is 0.507 e. The highest BCUT2D eigenvalue weighted by Crippen LogP contribution is 2.21. The number of benzene rings is 2. The fraction of sp³-hybridized carbons (Fsp3) is 0.111. The molecule has 0 aliphatic carbocycles. The van der Waals surface area contributed by atoms with Crippen molar-refractivity contribution in [1.29, 1.82) is 0 Å². The van der Waals surface area contributed by atoms with Crippen molar-refractivity contribution in [2.24, 2.45) is 0 Å². The fourth-order valence-electron chi connectivity index (χ4n) is 2.29. The van der Waals surface area contributed by atoms with E-state index in [2.05, 4.69) is 10.4 Å². The van der Waals surface area contributed by atoms with Gasteiger partial charge in [-0.3, -0.25) is 4.79 Å². The molecular weight excluding hydrogens is 290 g/mol. The SMILES string of the molecule is CCc1ccc(O)c(C(=O)Nc2cnn(-c3ccccc3)c2)c1. The Labute approximate surface area is 134 Å². The topological polar surface area (TPSA) is 67.2 Å². The summed E-state index contributed by atoms with van der Waals surface area (Å²) in [7, 11) is 0. The molecule has 2 aromatic carbocycles. The van der Waals surface area contributed by atoms with Crippen LogP contribution in [0.25, 0.3) is 5.69 Å². The molecule has 2 N–H and O–H groups in total. The average molecular weight is 307 g/mol. The lowest BCUT2D eigenvalue weighted by molar-refractivity contribution is 0.102. The molecule has 3 rings (SSSR count). The number of aryl methyl sites for hydroxylation is 1. The first-order valence-corrected chi connectivity index (χ1v) is 7.40. The average Bonchev–Trinajstić information content (AvgIpc) is 3.04. The third kappa shape index (κ3) is 3.23. The number of rotatable bonds is 4. The Kier molecular flexibility index (Phi) is 4.10. The number of amides is 1. The molecule has 0 bridgehead atoms. The van der Waals surface area contributed by atoms with Crippen LogP contribution >= 0.6 is 0 Å². The maximum absolute atomic E-state index is 12.3. The number of nitrogens with one attached hydrogen (secondary N) is 1. The zero-order valence-corrected chi connectivity index (χ0v) is 12.7.